The summed E-state index contributed by atoms with van der Waals surface area (Å²) in [6.45, 7) is 9.20. The number of ether oxygens (including phenoxy) is 1. The van der Waals surface area contributed by atoms with E-state index in [-0.39, 0.29) is 6.61 Å². The molecule has 1 unspecified atom stereocenters. The maximum atomic E-state index is 12.0. The molecule has 0 aliphatic carbocycles. The molecule has 0 spiro atoms. The predicted molar refractivity (Wildman–Crippen MR) is 70.3 cm³/mol. The molecule has 0 bridgehead atoms. The van der Waals surface area contributed by atoms with Crippen molar-refractivity contribution in [1.82, 2.24) is 0 Å². The summed E-state index contributed by atoms with van der Waals surface area (Å²) in [6.07, 6.45) is 1.53. The zero-order valence-electron chi connectivity index (χ0n) is 12.0. The summed E-state index contributed by atoms with van der Waals surface area (Å²) in [5.74, 6) is -1.45. The average Bonchev–Trinajstić information content (AvgIpc) is 2.27. The van der Waals surface area contributed by atoms with E-state index in [2.05, 4.69) is 0 Å². The Kier molecular flexibility index (Phi) is 6.66. The third kappa shape index (κ3) is 3.34. The number of aliphatic carboxylic acids is 1. The van der Waals surface area contributed by atoms with Crippen molar-refractivity contribution in [3.05, 3.63) is 11.1 Å². The van der Waals surface area contributed by atoms with Gasteiger partial charge in [-0.3, -0.25) is 4.79 Å². The standard InChI is InChI=1S/C14H24O4/c1-6-9-14(7-2,13(16)17)11(10(4)5)12(15)18-8-3/h6-9H2,1-5H3,(H,16,17). The van der Waals surface area contributed by atoms with Gasteiger partial charge in [0.25, 0.3) is 0 Å². The van der Waals surface area contributed by atoms with Gasteiger partial charge in [-0.05, 0) is 33.6 Å². The highest BCUT2D eigenvalue weighted by Crippen LogP contribution is 2.39. The van der Waals surface area contributed by atoms with E-state index in [0.717, 1.165) is 0 Å². The molecular weight excluding hydrogens is 232 g/mol. The van der Waals surface area contributed by atoms with Crippen molar-refractivity contribution in [2.45, 2.75) is 53.9 Å². The zero-order valence-corrected chi connectivity index (χ0v) is 12.0. The highest BCUT2D eigenvalue weighted by atomic mass is 16.5. The second-order valence-corrected chi connectivity index (χ2v) is 4.59. The summed E-state index contributed by atoms with van der Waals surface area (Å²) in [5, 5.41) is 9.55. The molecule has 0 radical (unpaired) electrons. The minimum atomic E-state index is -1.13. The average molecular weight is 256 g/mol. The Morgan fingerprint density at radius 2 is 1.72 bits per heavy atom. The fourth-order valence-corrected chi connectivity index (χ4v) is 2.35. The van der Waals surface area contributed by atoms with Gasteiger partial charge in [0.2, 0.25) is 0 Å². The first kappa shape index (κ1) is 16.7. The minimum Gasteiger partial charge on any atom is -0.481 e. The molecule has 0 aromatic heterocycles. The van der Waals surface area contributed by atoms with Crippen molar-refractivity contribution in [3.63, 3.8) is 0 Å². The SMILES string of the molecule is CCCC(CC)(C(=O)O)C(C(=O)OCC)=C(C)C. The molecule has 0 aliphatic heterocycles. The molecule has 1 N–H and O–H groups in total. The number of carboxylic acid groups (broad SMARTS) is 1. The van der Waals surface area contributed by atoms with Crippen molar-refractivity contribution in [2.75, 3.05) is 6.61 Å². The zero-order chi connectivity index (χ0) is 14.3. The number of rotatable bonds is 7. The Morgan fingerprint density at radius 1 is 1.17 bits per heavy atom. The van der Waals surface area contributed by atoms with Crippen LogP contribution in [0.5, 0.6) is 0 Å². The van der Waals surface area contributed by atoms with Crippen LogP contribution < -0.4 is 0 Å². The molecule has 0 amide bonds. The number of esters is 1. The lowest BCUT2D eigenvalue weighted by Crippen LogP contribution is -2.37. The van der Waals surface area contributed by atoms with Gasteiger partial charge in [-0.25, -0.2) is 4.79 Å². The highest BCUT2D eigenvalue weighted by molar-refractivity contribution is 5.98. The van der Waals surface area contributed by atoms with E-state index in [0.29, 0.717) is 30.4 Å². The Morgan fingerprint density at radius 3 is 2.00 bits per heavy atom. The molecule has 4 heteroatoms. The summed E-state index contributed by atoms with van der Waals surface area (Å²) in [4.78, 5) is 23.7. The summed E-state index contributed by atoms with van der Waals surface area (Å²) >= 11 is 0. The van der Waals surface area contributed by atoms with Gasteiger partial charge >= 0.3 is 11.9 Å². The summed E-state index contributed by atoms with van der Waals surface area (Å²) in [5.41, 5.74) is -0.104. The molecule has 0 saturated heterocycles. The Bertz CT molecular complexity index is 340. The number of carbonyl (C=O) groups excluding carboxylic acids is 1. The van der Waals surface area contributed by atoms with Gasteiger partial charge in [0.1, 0.15) is 0 Å². The predicted octanol–water partition coefficient (Wildman–Crippen LogP) is 3.17. The van der Waals surface area contributed by atoms with Gasteiger partial charge in [0.05, 0.1) is 17.6 Å². The van der Waals surface area contributed by atoms with Crippen LogP contribution in [0.1, 0.15) is 53.9 Å². The maximum absolute atomic E-state index is 12.0. The van der Waals surface area contributed by atoms with E-state index < -0.39 is 17.4 Å². The monoisotopic (exact) mass is 256 g/mol. The summed E-state index contributed by atoms with van der Waals surface area (Å²) < 4.78 is 5.01. The van der Waals surface area contributed by atoms with Gasteiger partial charge < -0.3 is 9.84 Å². The van der Waals surface area contributed by atoms with Crippen LogP contribution in [-0.2, 0) is 14.3 Å². The van der Waals surface area contributed by atoms with Crippen LogP contribution in [0.15, 0.2) is 11.1 Å². The van der Waals surface area contributed by atoms with Gasteiger partial charge in [0.15, 0.2) is 0 Å². The van der Waals surface area contributed by atoms with Crippen molar-refractivity contribution < 1.29 is 19.4 Å². The minimum absolute atomic E-state index is 0.251. The van der Waals surface area contributed by atoms with Crippen LogP contribution in [0.3, 0.4) is 0 Å². The first-order valence-electron chi connectivity index (χ1n) is 6.45. The van der Waals surface area contributed by atoms with E-state index in [1.54, 1.807) is 27.7 Å². The number of hydrogen-bond donors (Lipinski definition) is 1. The molecular formula is C14H24O4. The lowest BCUT2D eigenvalue weighted by atomic mass is 9.72. The van der Waals surface area contributed by atoms with Gasteiger partial charge in [-0.15, -0.1) is 0 Å². The van der Waals surface area contributed by atoms with E-state index in [4.69, 9.17) is 4.74 Å². The Labute approximate surface area is 109 Å². The topological polar surface area (TPSA) is 63.6 Å². The normalized spacial score (nSPS) is 13.6. The number of carbonyl (C=O) groups is 2. The molecule has 18 heavy (non-hydrogen) atoms. The lowest BCUT2D eigenvalue weighted by molar-refractivity contribution is -0.152. The summed E-state index contributed by atoms with van der Waals surface area (Å²) in [6, 6.07) is 0. The van der Waals surface area contributed by atoms with Crippen molar-refractivity contribution >= 4 is 11.9 Å². The largest absolute Gasteiger partial charge is 0.481 e. The molecule has 0 heterocycles. The highest BCUT2D eigenvalue weighted by Gasteiger charge is 2.44. The van der Waals surface area contributed by atoms with E-state index in [1.807, 2.05) is 6.92 Å². The molecule has 4 nitrogen and oxygen atoms in total. The van der Waals surface area contributed by atoms with Crippen LogP contribution in [0.2, 0.25) is 0 Å². The molecule has 0 saturated carbocycles. The quantitative estimate of drug-likeness (QED) is 0.561. The van der Waals surface area contributed by atoms with Crippen molar-refractivity contribution in [2.24, 2.45) is 5.41 Å². The number of carboxylic acids is 1. The molecule has 104 valence electrons. The molecule has 1 atom stereocenters. The fourth-order valence-electron chi connectivity index (χ4n) is 2.35. The molecule has 0 aromatic carbocycles. The van der Waals surface area contributed by atoms with Crippen molar-refractivity contribution in [1.29, 1.82) is 0 Å². The van der Waals surface area contributed by atoms with Gasteiger partial charge in [-0.1, -0.05) is 25.8 Å². The second-order valence-electron chi connectivity index (χ2n) is 4.59. The Balaban J connectivity index is 5.74. The van der Waals surface area contributed by atoms with Crippen LogP contribution in [-0.4, -0.2) is 23.7 Å². The number of allylic oxidation sites excluding steroid dienone is 1. The Hall–Kier alpha value is -1.32. The second kappa shape index (κ2) is 7.19. The molecule has 0 fully saturated rings. The van der Waals surface area contributed by atoms with Crippen LogP contribution in [0.25, 0.3) is 0 Å². The third-order valence-corrected chi connectivity index (χ3v) is 3.15. The smallest absolute Gasteiger partial charge is 0.335 e. The molecule has 0 rings (SSSR count). The number of hydrogen-bond acceptors (Lipinski definition) is 3. The molecule has 0 aromatic rings. The first-order valence-corrected chi connectivity index (χ1v) is 6.45. The van der Waals surface area contributed by atoms with Gasteiger partial charge in [-0.2, -0.15) is 0 Å². The van der Waals surface area contributed by atoms with Crippen molar-refractivity contribution in [3.8, 4) is 0 Å². The van der Waals surface area contributed by atoms with Gasteiger partial charge in [0, 0.05) is 0 Å². The first-order chi connectivity index (χ1) is 8.37. The maximum Gasteiger partial charge on any atom is 0.335 e. The summed E-state index contributed by atoms with van der Waals surface area (Å²) in [7, 11) is 0. The lowest BCUT2D eigenvalue weighted by Gasteiger charge is -2.30. The van der Waals surface area contributed by atoms with Crippen LogP contribution in [0, 0.1) is 5.41 Å². The van der Waals surface area contributed by atoms with E-state index in [9.17, 15) is 14.7 Å². The van der Waals surface area contributed by atoms with E-state index in [1.165, 1.54) is 0 Å². The third-order valence-electron chi connectivity index (χ3n) is 3.15. The van der Waals surface area contributed by atoms with Crippen LogP contribution >= 0.6 is 0 Å². The van der Waals surface area contributed by atoms with E-state index >= 15 is 0 Å². The fraction of sp³-hybridized carbons (Fsp3) is 0.714. The molecule has 0 aliphatic rings. The van der Waals surface area contributed by atoms with Crippen LogP contribution in [0.4, 0.5) is 0 Å².